The molecule has 2 N–H and O–H groups in total. The Morgan fingerprint density at radius 3 is 2.62 bits per heavy atom. The van der Waals surface area contributed by atoms with Crippen LogP contribution in [0.4, 0.5) is 0 Å². The third-order valence-corrected chi connectivity index (χ3v) is 3.21. The second kappa shape index (κ2) is 4.49. The standard InChI is InChI=1S/C11H10N2O2S/c12-11-13-10(15)9(16-11)6-8(14)7-4-2-1-3-5-7/h1-5,9H,6H2,(H2,12,13,15)/t9-/m1/s1. The number of nitrogens with two attached hydrogens (primary N) is 1. The van der Waals surface area contributed by atoms with Gasteiger partial charge in [0.15, 0.2) is 11.0 Å². The van der Waals surface area contributed by atoms with Gasteiger partial charge in [0.1, 0.15) is 5.25 Å². The number of rotatable bonds is 3. The first-order valence-electron chi connectivity index (χ1n) is 4.80. The van der Waals surface area contributed by atoms with Crippen molar-refractivity contribution in [3.8, 4) is 0 Å². The predicted octanol–water partition coefficient (Wildman–Crippen LogP) is 1.22. The highest BCUT2D eigenvalue weighted by Crippen LogP contribution is 2.24. The summed E-state index contributed by atoms with van der Waals surface area (Å²) in [6, 6.07) is 8.89. The van der Waals surface area contributed by atoms with E-state index in [1.165, 1.54) is 0 Å². The molecule has 5 heteroatoms. The van der Waals surface area contributed by atoms with Gasteiger partial charge in [0.2, 0.25) is 0 Å². The molecule has 0 aromatic heterocycles. The van der Waals surface area contributed by atoms with E-state index < -0.39 is 5.25 Å². The van der Waals surface area contributed by atoms with Gasteiger partial charge in [0.25, 0.3) is 5.91 Å². The number of aliphatic imine (C=N–C) groups is 1. The van der Waals surface area contributed by atoms with Crippen molar-refractivity contribution in [2.45, 2.75) is 11.7 Å². The zero-order valence-electron chi connectivity index (χ0n) is 8.42. The molecule has 1 aliphatic rings. The Kier molecular flexibility index (Phi) is 3.05. The fourth-order valence-electron chi connectivity index (χ4n) is 1.44. The molecule has 1 aromatic carbocycles. The van der Waals surface area contributed by atoms with Crippen LogP contribution in [0.5, 0.6) is 0 Å². The molecule has 4 nitrogen and oxygen atoms in total. The number of thioether (sulfide) groups is 1. The number of carbonyl (C=O) groups is 2. The second-order valence-corrected chi connectivity index (χ2v) is 4.61. The normalized spacial score (nSPS) is 19.6. The number of benzene rings is 1. The van der Waals surface area contributed by atoms with Crippen LogP contribution in [0.15, 0.2) is 35.3 Å². The number of Topliss-reactive ketones (excluding diaryl/α,β-unsaturated/α-hetero) is 1. The molecule has 1 heterocycles. The van der Waals surface area contributed by atoms with Crippen LogP contribution in [-0.4, -0.2) is 22.1 Å². The number of nitrogens with zero attached hydrogens (tertiary/aromatic N) is 1. The van der Waals surface area contributed by atoms with Crippen molar-refractivity contribution in [2.75, 3.05) is 0 Å². The zero-order chi connectivity index (χ0) is 11.5. The Balaban J connectivity index is 2.02. The Hall–Kier alpha value is -1.62. The van der Waals surface area contributed by atoms with Crippen LogP contribution in [0.3, 0.4) is 0 Å². The van der Waals surface area contributed by atoms with E-state index in [4.69, 9.17) is 5.73 Å². The summed E-state index contributed by atoms with van der Waals surface area (Å²) in [7, 11) is 0. The van der Waals surface area contributed by atoms with Crippen molar-refractivity contribution >= 4 is 28.6 Å². The fourth-order valence-corrected chi connectivity index (χ4v) is 2.26. The van der Waals surface area contributed by atoms with E-state index in [1.54, 1.807) is 24.3 Å². The molecule has 0 saturated heterocycles. The van der Waals surface area contributed by atoms with Gasteiger partial charge in [-0.25, -0.2) is 0 Å². The van der Waals surface area contributed by atoms with Gasteiger partial charge >= 0.3 is 0 Å². The van der Waals surface area contributed by atoms with Crippen molar-refractivity contribution < 1.29 is 9.59 Å². The van der Waals surface area contributed by atoms with Gasteiger partial charge in [-0.3, -0.25) is 9.59 Å². The summed E-state index contributed by atoms with van der Waals surface area (Å²) in [6.07, 6.45) is 0.151. The Bertz CT molecular complexity index is 456. The molecular formula is C11H10N2O2S. The number of amidine groups is 1. The highest BCUT2D eigenvalue weighted by atomic mass is 32.2. The van der Waals surface area contributed by atoms with Crippen molar-refractivity contribution in [3.05, 3.63) is 35.9 Å². The summed E-state index contributed by atoms with van der Waals surface area (Å²) < 4.78 is 0. The van der Waals surface area contributed by atoms with E-state index in [2.05, 4.69) is 4.99 Å². The van der Waals surface area contributed by atoms with Crippen LogP contribution < -0.4 is 5.73 Å². The van der Waals surface area contributed by atoms with E-state index in [9.17, 15) is 9.59 Å². The molecule has 1 amide bonds. The highest BCUT2D eigenvalue weighted by molar-refractivity contribution is 8.15. The second-order valence-electron chi connectivity index (χ2n) is 3.39. The number of hydrogen-bond donors (Lipinski definition) is 1. The van der Waals surface area contributed by atoms with Gasteiger partial charge in [-0.15, -0.1) is 0 Å². The minimum Gasteiger partial charge on any atom is -0.378 e. The molecule has 0 unspecified atom stereocenters. The quantitative estimate of drug-likeness (QED) is 0.798. The fraction of sp³-hybridized carbons (Fsp3) is 0.182. The van der Waals surface area contributed by atoms with Crippen molar-refractivity contribution in [1.82, 2.24) is 0 Å². The van der Waals surface area contributed by atoms with E-state index in [1.807, 2.05) is 6.07 Å². The summed E-state index contributed by atoms with van der Waals surface area (Å²) >= 11 is 1.15. The van der Waals surface area contributed by atoms with Gasteiger partial charge in [-0.2, -0.15) is 4.99 Å². The first kappa shape index (κ1) is 10.9. The Labute approximate surface area is 96.9 Å². The van der Waals surface area contributed by atoms with Crippen LogP contribution in [0, 0.1) is 0 Å². The Morgan fingerprint density at radius 2 is 2.06 bits per heavy atom. The molecule has 1 atom stereocenters. The largest absolute Gasteiger partial charge is 0.378 e. The number of carbonyl (C=O) groups excluding carboxylic acids is 2. The predicted molar refractivity (Wildman–Crippen MR) is 63.4 cm³/mol. The lowest BCUT2D eigenvalue weighted by molar-refractivity contribution is -0.117. The third-order valence-electron chi connectivity index (χ3n) is 2.23. The van der Waals surface area contributed by atoms with Gasteiger partial charge in [-0.1, -0.05) is 42.1 Å². The maximum absolute atomic E-state index is 11.8. The number of amides is 1. The number of ketones is 1. The number of hydrogen-bond acceptors (Lipinski definition) is 4. The van der Waals surface area contributed by atoms with Gasteiger partial charge in [0, 0.05) is 12.0 Å². The molecule has 0 bridgehead atoms. The molecule has 0 saturated carbocycles. The average molecular weight is 234 g/mol. The molecule has 0 radical (unpaired) electrons. The molecular weight excluding hydrogens is 224 g/mol. The molecule has 0 aliphatic carbocycles. The average Bonchev–Trinajstić information content (AvgIpc) is 2.59. The van der Waals surface area contributed by atoms with Crippen molar-refractivity contribution in [1.29, 1.82) is 0 Å². The molecule has 82 valence electrons. The van der Waals surface area contributed by atoms with Crippen LogP contribution in [0.25, 0.3) is 0 Å². The van der Waals surface area contributed by atoms with E-state index in [-0.39, 0.29) is 23.3 Å². The van der Waals surface area contributed by atoms with Crippen molar-refractivity contribution in [3.63, 3.8) is 0 Å². The minimum atomic E-state index is -0.451. The summed E-state index contributed by atoms with van der Waals surface area (Å²) in [5, 5.41) is -0.205. The molecule has 1 aliphatic heterocycles. The van der Waals surface area contributed by atoms with Gasteiger partial charge < -0.3 is 5.73 Å². The lowest BCUT2D eigenvalue weighted by Crippen LogP contribution is -2.16. The van der Waals surface area contributed by atoms with Crippen LogP contribution >= 0.6 is 11.8 Å². The van der Waals surface area contributed by atoms with Gasteiger partial charge in [0.05, 0.1) is 0 Å². The third kappa shape index (κ3) is 2.30. The van der Waals surface area contributed by atoms with E-state index in [0.29, 0.717) is 5.56 Å². The molecule has 16 heavy (non-hydrogen) atoms. The summed E-state index contributed by atoms with van der Waals surface area (Å²) in [4.78, 5) is 26.7. The zero-order valence-corrected chi connectivity index (χ0v) is 9.24. The molecule has 2 rings (SSSR count). The molecule has 0 fully saturated rings. The summed E-state index contributed by atoms with van der Waals surface area (Å²) in [5.74, 6) is -0.372. The maximum atomic E-state index is 11.8. The van der Waals surface area contributed by atoms with Crippen molar-refractivity contribution in [2.24, 2.45) is 10.7 Å². The Morgan fingerprint density at radius 1 is 1.38 bits per heavy atom. The van der Waals surface area contributed by atoms with Crippen LogP contribution in [0.1, 0.15) is 16.8 Å². The minimum absolute atomic E-state index is 0.0589. The molecule has 1 aromatic rings. The lowest BCUT2D eigenvalue weighted by Gasteiger charge is -2.04. The molecule has 0 spiro atoms. The van der Waals surface area contributed by atoms with E-state index in [0.717, 1.165) is 11.8 Å². The summed E-state index contributed by atoms with van der Waals surface area (Å²) in [5.41, 5.74) is 6.02. The summed E-state index contributed by atoms with van der Waals surface area (Å²) in [6.45, 7) is 0. The van der Waals surface area contributed by atoms with Crippen LogP contribution in [-0.2, 0) is 4.79 Å². The first-order valence-corrected chi connectivity index (χ1v) is 5.67. The van der Waals surface area contributed by atoms with Gasteiger partial charge in [-0.05, 0) is 0 Å². The topological polar surface area (TPSA) is 72.5 Å². The van der Waals surface area contributed by atoms with Crippen LogP contribution in [0.2, 0.25) is 0 Å². The smallest absolute Gasteiger partial charge is 0.262 e. The lowest BCUT2D eigenvalue weighted by atomic mass is 10.1. The first-order chi connectivity index (χ1) is 7.66. The SMILES string of the molecule is NC1=NC(=O)[C@@H](CC(=O)c2ccccc2)S1. The maximum Gasteiger partial charge on any atom is 0.262 e. The highest BCUT2D eigenvalue weighted by Gasteiger charge is 2.29. The van der Waals surface area contributed by atoms with E-state index >= 15 is 0 Å². The monoisotopic (exact) mass is 234 g/mol.